The number of hydrogen-bond acceptors (Lipinski definition) is 1. The van der Waals surface area contributed by atoms with E-state index in [1.54, 1.807) is 5.57 Å². The van der Waals surface area contributed by atoms with E-state index in [4.69, 9.17) is 0 Å². The fourth-order valence-electron chi connectivity index (χ4n) is 7.78. The fraction of sp³-hybridized carbons (Fsp3) is 0.0870. The van der Waals surface area contributed by atoms with Crippen LogP contribution in [0.25, 0.3) is 49.0 Å². The predicted octanol–water partition coefficient (Wildman–Crippen LogP) is 13.0. The molecule has 0 spiro atoms. The van der Waals surface area contributed by atoms with Gasteiger partial charge in [-0.1, -0.05) is 145 Å². The Morgan fingerprint density at radius 3 is 1.94 bits per heavy atom. The molecule has 1 heteroatoms. The van der Waals surface area contributed by atoms with Crippen LogP contribution in [0.1, 0.15) is 24.8 Å². The Balaban J connectivity index is 1.20. The summed E-state index contributed by atoms with van der Waals surface area (Å²) in [4.78, 5) is 2.44. The molecule has 7 aromatic rings. The molecule has 0 saturated carbocycles. The minimum atomic E-state index is 0.545. The van der Waals surface area contributed by atoms with Gasteiger partial charge in [0.2, 0.25) is 0 Å². The number of allylic oxidation sites excluding steroid dienone is 6. The van der Waals surface area contributed by atoms with Crippen LogP contribution in [0.15, 0.2) is 175 Å². The summed E-state index contributed by atoms with van der Waals surface area (Å²) in [7, 11) is 0. The van der Waals surface area contributed by atoms with Crippen molar-refractivity contribution in [2.24, 2.45) is 5.92 Å². The molecule has 0 saturated heterocycles. The SMILES string of the molecule is C1=CC2CC=CC(c3ccc(N(c4ccc(-c5cccc6ccccc56)cc4)c4cc5ccccc5c5ccccc45)cc3)=C2CC1. The van der Waals surface area contributed by atoms with Crippen LogP contribution in [0.3, 0.4) is 0 Å². The third-order valence-corrected chi connectivity index (χ3v) is 10.1. The first kappa shape index (κ1) is 27.6. The second-order valence-electron chi connectivity index (χ2n) is 12.8. The Morgan fingerprint density at radius 1 is 0.511 bits per heavy atom. The number of hydrogen-bond donors (Lipinski definition) is 0. The topological polar surface area (TPSA) is 3.24 Å². The standard InChI is InChI=1S/C46H35N/c1-4-16-39-32(11-1)14-9-21-41(39)34-23-27-37(28-24-34)47(46-31-36-13-3-6-18-43(36)44-19-7-8-20-45(44)46)38-29-25-35(26-30-38)42-22-10-15-33-12-2-5-17-40(33)42/h1-4,6-14,16,18-31,33H,5,15,17H2. The van der Waals surface area contributed by atoms with Gasteiger partial charge in [-0.25, -0.2) is 0 Å². The van der Waals surface area contributed by atoms with Gasteiger partial charge in [-0.3, -0.25) is 0 Å². The summed E-state index contributed by atoms with van der Waals surface area (Å²) in [6.45, 7) is 0. The molecule has 0 aromatic heterocycles. The number of nitrogens with zero attached hydrogens (tertiary/aromatic N) is 1. The van der Waals surface area contributed by atoms with E-state index < -0.39 is 0 Å². The van der Waals surface area contributed by atoms with E-state index in [1.165, 1.54) is 60.3 Å². The third kappa shape index (κ3) is 4.87. The molecule has 0 heterocycles. The molecule has 0 amide bonds. The number of rotatable bonds is 5. The first-order valence-corrected chi connectivity index (χ1v) is 16.8. The molecular formula is C46H35N. The van der Waals surface area contributed by atoms with Crippen molar-refractivity contribution in [1.29, 1.82) is 0 Å². The van der Waals surface area contributed by atoms with Crippen molar-refractivity contribution in [2.45, 2.75) is 19.3 Å². The minimum Gasteiger partial charge on any atom is -0.310 e. The quantitative estimate of drug-likeness (QED) is 0.140. The van der Waals surface area contributed by atoms with Gasteiger partial charge in [0.15, 0.2) is 0 Å². The predicted molar refractivity (Wildman–Crippen MR) is 202 cm³/mol. The molecule has 9 rings (SSSR count). The Kier molecular flexibility index (Phi) is 6.82. The van der Waals surface area contributed by atoms with Gasteiger partial charge in [-0.15, -0.1) is 0 Å². The van der Waals surface area contributed by atoms with Crippen LogP contribution in [-0.2, 0) is 0 Å². The maximum atomic E-state index is 2.44. The smallest absolute Gasteiger partial charge is 0.0546 e. The molecular weight excluding hydrogens is 567 g/mol. The summed E-state index contributed by atoms with van der Waals surface area (Å²) in [6, 6.07) is 53.5. The Bertz CT molecular complexity index is 2370. The van der Waals surface area contributed by atoms with Crippen LogP contribution in [0, 0.1) is 5.92 Å². The summed E-state index contributed by atoms with van der Waals surface area (Å²) >= 11 is 0. The van der Waals surface area contributed by atoms with Gasteiger partial charge < -0.3 is 4.90 Å². The zero-order chi connectivity index (χ0) is 31.2. The van der Waals surface area contributed by atoms with Gasteiger partial charge in [0.1, 0.15) is 0 Å². The van der Waals surface area contributed by atoms with E-state index in [2.05, 4.69) is 175 Å². The molecule has 47 heavy (non-hydrogen) atoms. The van der Waals surface area contributed by atoms with E-state index in [1.807, 2.05) is 0 Å². The second kappa shape index (κ2) is 11.6. The summed E-state index contributed by atoms with van der Waals surface area (Å²) in [5.74, 6) is 0.545. The lowest BCUT2D eigenvalue weighted by molar-refractivity contribution is 0.689. The Hall–Kier alpha value is -5.66. The van der Waals surface area contributed by atoms with Crippen LogP contribution in [0.4, 0.5) is 17.1 Å². The molecule has 2 aliphatic carbocycles. The van der Waals surface area contributed by atoms with Crippen molar-refractivity contribution in [3.05, 3.63) is 181 Å². The van der Waals surface area contributed by atoms with Crippen molar-refractivity contribution in [1.82, 2.24) is 0 Å². The number of anilines is 3. The zero-order valence-corrected chi connectivity index (χ0v) is 26.3. The number of benzene rings is 7. The van der Waals surface area contributed by atoms with E-state index in [9.17, 15) is 0 Å². The van der Waals surface area contributed by atoms with Crippen molar-refractivity contribution < 1.29 is 0 Å². The van der Waals surface area contributed by atoms with Crippen molar-refractivity contribution >= 4 is 55.0 Å². The van der Waals surface area contributed by atoms with Crippen LogP contribution >= 0.6 is 0 Å². The average molecular weight is 602 g/mol. The maximum Gasteiger partial charge on any atom is 0.0546 e. The highest BCUT2D eigenvalue weighted by Crippen LogP contribution is 2.44. The van der Waals surface area contributed by atoms with Gasteiger partial charge in [-0.05, 0) is 98.8 Å². The molecule has 0 fully saturated rings. The summed E-state index contributed by atoms with van der Waals surface area (Å²) in [5, 5.41) is 7.57. The highest BCUT2D eigenvalue weighted by Gasteiger charge is 2.22. The Morgan fingerprint density at radius 2 is 1.15 bits per heavy atom. The van der Waals surface area contributed by atoms with Gasteiger partial charge >= 0.3 is 0 Å². The first-order chi connectivity index (χ1) is 23.3. The normalized spacial score (nSPS) is 15.8. The number of fused-ring (bicyclic) bond motifs is 5. The lowest BCUT2D eigenvalue weighted by atomic mass is 9.79. The lowest BCUT2D eigenvalue weighted by Crippen LogP contribution is -2.11. The van der Waals surface area contributed by atoms with Crippen molar-refractivity contribution in [2.75, 3.05) is 4.90 Å². The second-order valence-corrected chi connectivity index (χ2v) is 12.8. The largest absolute Gasteiger partial charge is 0.310 e. The summed E-state index contributed by atoms with van der Waals surface area (Å²) in [6.07, 6.45) is 12.9. The lowest BCUT2D eigenvalue weighted by Gasteiger charge is -2.29. The van der Waals surface area contributed by atoms with E-state index in [0.717, 1.165) is 30.6 Å². The molecule has 2 aliphatic rings. The average Bonchev–Trinajstić information content (AvgIpc) is 3.15. The molecule has 1 unspecified atom stereocenters. The van der Waals surface area contributed by atoms with Crippen LogP contribution in [0.5, 0.6) is 0 Å². The maximum absolute atomic E-state index is 2.44. The van der Waals surface area contributed by atoms with Gasteiger partial charge in [-0.2, -0.15) is 0 Å². The van der Waals surface area contributed by atoms with E-state index >= 15 is 0 Å². The fourth-order valence-corrected chi connectivity index (χ4v) is 7.78. The third-order valence-electron chi connectivity index (χ3n) is 10.1. The summed E-state index contributed by atoms with van der Waals surface area (Å²) < 4.78 is 0. The molecule has 1 nitrogen and oxygen atoms in total. The van der Waals surface area contributed by atoms with Gasteiger partial charge in [0.25, 0.3) is 0 Å². The molecule has 0 bridgehead atoms. The molecule has 0 aliphatic heterocycles. The minimum absolute atomic E-state index is 0.545. The van der Waals surface area contributed by atoms with Gasteiger partial charge in [0.05, 0.1) is 5.69 Å². The molecule has 224 valence electrons. The molecule has 1 atom stereocenters. The molecule has 0 N–H and O–H groups in total. The highest BCUT2D eigenvalue weighted by atomic mass is 15.1. The van der Waals surface area contributed by atoms with Crippen molar-refractivity contribution in [3.63, 3.8) is 0 Å². The van der Waals surface area contributed by atoms with Crippen LogP contribution in [-0.4, -0.2) is 0 Å². The molecule has 7 aromatic carbocycles. The van der Waals surface area contributed by atoms with Crippen LogP contribution in [0.2, 0.25) is 0 Å². The van der Waals surface area contributed by atoms with Crippen molar-refractivity contribution in [3.8, 4) is 11.1 Å². The molecule has 0 radical (unpaired) electrons. The monoisotopic (exact) mass is 601 g/mol. The Labute approximate surface area is 276 Å². The van der Waals surface area contributed by atoms with E-state index in [-0.39, 0.29) is 0 Å². The first-order valence-electron chi connectivity index (χ1n) is 16.8. The van der Waals surface area contributed by atoms with Crippen LogP contribution < -0.4 is 4.90 Å². The summed E-state index contributed by atoms with van der Waals surface area (Å²) in [5.41, 5.74) is 10.2. The van der Waals surface area contributed by atoms with E-state index in [0.29, 0.717) is 5.92 Å². The highest BCUT2D eigenvalue weighted by molar-refractivity contribution is 6.14. The van der Waals surface area contributed by atoms with Gasteiger partial charge in [0, 0.05) is 22.7 Å². The zero-order valence-electron chi connectivity index (χ0n) is 26.3.